The summed E-state index contributed by atoms with van der Waals surface area (Å²) in [4.78, 5) is 0.666. The van der Waals surface area contributed by atoms with Gasteiger partial charge in [0, 0.05) is 11.1 Å². The fourth-order valence-electron chi connectivity index (χ4n) is 1.16. The molecule has 0 spiro atoms. The van der Waals surface area contributed by atoms with Crippen LogP contribution >= 0.6 is 27.3 Å². The minimum atomic E-state index is -3.31. The average Bonchev–Trinajstić information content (AvgIpc) is 2.43. The normalized spacial score (nSPS) is 15.1. The molecule has 0 aliphatic rings. The molecular formula is C10H15BrO3S2. The highest BCUT2D eigenvalue weighted by Crippen LogP contribution is 2.38. The van der Waals surface area contributed by atoms with Crippen LogP contribution in [-0.2, 0) is 9.84 Å². The molecule has 1 aromatic heterocycles. The lowest BCUT2D eigenvalue weighted by Crippen LogP contribution is -2.37. The summed E-state index contributed by atoms with van der Waals surface area (Å²) in [6.45, 7) is 4.98. The summed E-state index contributed by atoms with van der Waals surface area (Å²) in [6, 6.07) is 1.81. The van der Waals surface area contributed by atoms with Crippen molar-refractivity contribution < 1.29 is 13.5 Å². The van der Waals surface area contributed by atoms with Gasteiger partial charge in [-0.1, -0.05) is 0 Å². The Morgan fingerprint density at radius 3 is 2.31 bits per heavy atom. The van der Waals surface area contributed by atoms with E-state index in [4.69, 9.17) is 0 Å². The molecule has 0 aliphatic heterocycles. The predicted octanol–water partition coefficient (Wildman–Crippen LogP) is 2.68. The summed E-state index contributed by atoms with van der Waals surface area (Å²) in [5, 5.41) is 10.1. The number of thiophene rings is 1. The van der Waals surface area contributed by atoms with Crippen molar-refractivity contribution >= 4 is 37.1 Å². The van der Waals surface area contributed by atoms with Crippen molar-refractivity contribution in [2.45, 2.75) is 31.6 Å². The van der Waals surface area contributed by atoms with Crippen LogP contribution in [0.3, 0.4) is 0 Å². The topological polar surface area (TPSA) is 54.4 Å². The number of rotatable bonds is 3. The zero-order chi connectivity index (χ0) is 12.7. The first-order valence-corrected chi connectivity index (χ1v) is 8.21. The summed E-state index contributed by atoms with van der Waals surface area (Å²) in [7, 11) is -3.31. The minimum absolute atomic E-state index is 0.666. The molecule has 1 aromatic rings. The van der Waals surface area contributed by atoms with Gasteiger partial charge in [-0.25, -0.2) is 8.42 Å². The Bertz CT molecular complexity index is 469. The summed E-state index contributed by atoms with van der Waals surface area (Å²) in [6.07, 6.45) is 0.142. The van der Waals surface area contributed by atoms with Crippen molar-refractivity contribution in [3.63, 3.8) is 0 Å². The summed E-state index contributed by atoms with van der Waals surface area (Å²) in [5.74, 6) is 0. The van der Waals surface area contributed by atoms with Gasteiger partial charge >= 0.3 is 0 Å². The minimum Gasteiger partial charge on any atom is -0.386 e. The molecule has 0 bridgehead atoms. The van der Waals surface area contributed by atoms with Crippen LogP contribution in [0.15, 0.2) is 9.85 Å². The first-order chi connectivity index (χ1) is 7.07. The predicted molar refractivity (Wildman–Crippen MR) is 70.6 cm³/mol. The van der Waals surface area contributed by atoms with Crippen LogP contribution in [0.1, 0.15) is 30.4 Å². The van der Waals surface area contributed by atoms with Crippen molar-refractivity contribution in [2.75, 3.05) is 6.26 Å². The maximum absolute atomic E-state index is 11.6. The van der Waals surface area contributed by atoms with Crippen molar-refractivity contribution in [3.05, 3.63) is 20.3 Å². The number of aliphatic hydroxyl groups excluding tert-OH is 1. The van der Waals surface area contributed by atoms with Crippen LogP contribution in [-0.4, -0.2) is 24.5 Å². The van der Waals surface area contributed by atoms with E-state index in [9.17, 15) is 13.5 Å². The summed E-state index contributed by atoms with van der Waals surface area (Å²) >= 11 is 4.73. The Kier molecular flexibility index (Phi) is 3.89. The molecule has 1 rings (SSSR count). The smallest absolute Gasteiger partial charge is 0.155 e. The molecule has 0 fully saturated rings. The van der Waals surface area contributed by atoms with Crippen LogP contribution < -0.4 is 0 Å². The monoisotopic (exact) mass is 326 g/mol. The van der Waals surface area contributed by atoms with Gasteiger partial charge in [0.05, 0.1) is 8.53 Å². The third-order valence-electron chi connectivity index (χ3n) is 2.76. The van der Waals surface area contributed by atoms with Gasteiger partial charge in [0.25, 0.3) is 0 Å². The fourth-order valence-corrected chi connectivity index (χ4v) is 3.51. The maximum atomic E-state index is 11.6. The van der Waals surface area contributed by atoms with Crippen molar-refractivity contribution in [1.29, 1.82) is 0 Å². The third-order valence-corrected chi connectivity index (χ3v) is 7.08. The molecule has 0 saturated heterocycles. The van der Waals surface area contributed by atoms with Gasteiger partial charge in [-0.05, 0) is 48.3 Å². The van der Waals surface area contributed by atoms with Gasteiger partial charge in [0.1, 0.15) is 6.10 Å². The van der Waals surface area contributed by atoms with E-state index in [1.165, 1.54) is 25.2 Å². The van der Waals surface area contributed by atoms with E-state index in [2.05, 4.69) is 15.9 Å². The van der Waals surface area contributed by atoms with E-state index in [0.717, 1.165) is 15.6 Å². The first-order valence-electron chi connectivity index (χ1n) is 4.71. The summed E-state index contributed by atoms with van der Waals surface area (Å²) in [5.41, 5.74) is 1.00. The molecule has 92 valence electrons. The van der Waals surface area contributed by atoms with Crippen LogP contribution in [0.4, 0.5) is 0 Å². The van der Waals surface area contributed by atoms with Crippen LogP contribution in [0.2, 0.25) is 0 Å². The molecule has 0 amide bonds. The molecule has 0 aromatic carbocycles. The number of halogens is 1. The second-order valence-corrected chi connectivity index (χ2v) is 9.38. The maximum Gasteiger partial charge on any atom is 0.155 e. The second kappa shape index (κ2) is 4.40. The third kappa shape index (κ3) is 2.50. The van der Waals surface area contributed by atoms with E-state index in [0.29, 0.717) is 4.88 Å². The van der Waals surface area contributed by atoms with E-state index in [1.807, 2.05) is 13.0 Å². The van der Waals surface area contributed by atoms with Gasteiger partial charge in [-0.3, -0.25) is 0 Å². The SMILES string of the molecule is Cc1cc(C(O)C(C)(C)S(C)(=O)=O)sc1Br. The lowest BCUT2D eigenvalue weighted by atomic mass is 10.0. The largest absolute Gasteiger partial charge is 0.386 e. The fraction of sp³-hybridized carbons (Fsp3) is 0.600. The Morgan fingerprint density at radius 1 is 1.50 bits per heavy atom. The quantitative estimate of drug-likeness (QED) is 0.929. The van der Waals surface area contributed by atoms with Gasteiger partial charge < -0.3 is 5.11 Å². The number of hydrogen-bond donors (Lipinski definition) is 1. The van der Waals surface area contributed by atoms with Crippen molar-refractivity contribution in [1.82, 2.24) is 0 Å². The highest BCUT2D eigenvalue weighted by Gasteiger charge is 2.39. The molecule has 3 nitrogen and oxygen atoms in total. The molecule has 6 heteroatoms. The molecule has 1 heterocycles. The molecule has 0 radical (unpaired) electrons. The Hall–Kier alpha value is 0.0900. The second-order valence-electron chi connectivity index (χ2n) is 4.38. The Balaban J connectivity index is 3.17. The summed E-state index contributed by atoms with van der Waals surface area (Å²) < 4.78 is 22.9. The lowest BCUT2D eigenvalue weighted by Gasteiger charge is -2.27. The number of hydrogen-bond acceptors (Lipinski definition) is 4. The average molecular weight is 327 g/mol. The molecule has 1 N–H and O–H groups in total. The number of aliphatic hydroxyl groups is 1. The van der Waals surface area contributed by atoms with Gasteiger partial charge in [0.15, 0.2) is 9.84 Å². The number of sulfone groups is 1. The van der Waals surface area contributed by atoms with Crippen molar-refractivity contribution in [2.24, 2.45) is 0 Å². The van der Waals surface area contributed by atoms with E-state index < -0.39 is 20.7 Å². The molecule has 0 saturated carbocycles. The molecule has 16 heavy (non-hydrogen) atoms. The van der Waals surface area contributed by atoms with Crippen LogP contribution in [0, 0.1) is 6.92 Å². The van der Waals surface area contributed by atoms with Gasteiger partial charge in [-0.2, -0.15) is 0 Å². The Morgan fingerprint density at radius 2 is 2.00 bits per heavy atom. The number of aryl methyl sites for hydroxylation is 1. The van der Waals surface area contributed by atoms with Crippen LogP contribution in [0.25, 0.3) is 0 Å². The Labute approximate surface area is 109 Å². The first kappa shape index (κ1) is 14.2. The molecule has 1 atom stereocenters. The standard InChI is InChI=1S/C10H15BrO3S2/c1-6-5-7(15-9(6)11)8(12)10(2,3)16(4,13)14/h5,8,12H,1-4H3. The highest BCUT2D eigenvalue weighted by atomic mass is 79.9. The zero-order valence-electron chi connectivity index (χ0n) is 9.61. The van der Waals surface area contributed by atoms with Gasteiger partial charge in [0.2, 0.25) is 0 Å². The zero-order valence-corrected chi connectivity index (χ0v) is 12.8. The molecular weight excluding hydrogens is 312 g/mol. The highest BCUT2D eigenvalue weighted by molar-refractivity contribution is 9.11. The van der Waals surface area contributed by atoms with E-state index in [-0.39, 0.29) is 0 Å². The van der Waals surface area contributed by atoms with Gasteiger partial charge in [-0.15, -0.1) is 11.3 Å². The van der Waals surface area contributed by atoms with E-state index in [1.54, 1.807) is 0 Å². The molecule has 1 unspecified atom stereocenters. The van der Waals surface area contributed by atoms with Crippen LogP contribution in [0.5, 0.6) is 0 Å². The lowest BCUT2D eigenvalue weighted by molar-refractivity contribution is 0.143. The van der Waals surface area contributed by atoms with E-state index >= 15 is 0 Å². The molecule has 0 aliphatic carbocycles. The van der Waals surface area contributed by atoms with Crippen molar-refractivity contribution in [3.8, 4) is 0 Å².